The molecular formula is C10H7F5N2. The van der Waals surface area contributed by atoms with Crippen molar-refractivity contribution in [3.05, 3.63) is 29.1 Å². The van der Waals surface area contributed by atoms with Crippen LogP contribution in [0.15, 0.2) is 12.2 Å². The van der Waals surface area contributed by atoms with Gasteiger partial charge in [0.25, 0.3) is 5.92 Å². The highest BCUT2D eigenvalue weighted by atomic mass is 19.4. The zero-order valence-corrected chi connectivity index (χ0v) is 8.59. The van der Waals surface area contributed by atoms with Gasteiger partial charge in [-0.05, 0) is 0 Å². The van der Waals surface area contributed by atoms with Gasteiger partial charge in [-0.1, -0.05) is 12.2 Å². The first-order chi connectivity index (χ1) is 7.74. The third-order valence-electron chi connectivity index (χ3n) is 3.33. The van der Waals surface area contributed by atoms with Gasteiger partial charge in [-0.25, -0.2) is 0 Å². The highest BCUT2D eigenvalue weighted by Gasteiger charge is 2.61. The Kier molecular flexibility index (Phi) is 1.71. The summed E-state index contributed by atoms with van der Waals surface area (Å²) >= 11 is 0. The Balaban J connectivity index is 2.28. The monoisotopic (exact) mass is 250 g/mol. The van der Waals surface area contributed by atoms with Gasteiger partial charge in [-0.3, -0.25) is 4.68 Å². The number of halogens is 5. The normalized spacial score (nSPS) is 28.8. The highest BCUT2D eigenvalue weighted by molar-refractivity contribution is 5.49. The molecule has 0 saturated carbocycles. The van der Waals surface area contributed by atoms with Crippen molar-refractivity contribution in [2.45, 2.75) is 18.0 Å². The Morgan fingerprint density at radius 1 is 1.29 bits per heavy atom. The maximum absolute atomic E-state index is 13.8. The molecule has 2 atom stereocenters. The second-order valence-electron chi connectivity index (χ2n) is 4.29. The summed E-state index contributed by atoms with van der Waals surface area (Å²) < 4.78 is 66.3. The van der Waals surface area contributed by atoms with Crippen LogP contribution in [0.4, 0.5) is 22.0 Å². The molecule has 0 radical (unpaired) electrons. The molecule has 2 aliphatic rings. The van der Waals surface area contributed by atoms with Crippen LogP contribution < -0.4 is 0 Å². The Bertz CT molecular complexity index is 526. The Morgan fingerprint density at radius 3 is 2.41 bits per heavy atom. The fourth-order valence-electron chi connectivity index (χ4n) is 2.57. The molecule has 2 nitrogen and oxygen atoms in total. The molecule has 0 bridgehead atoms. The van der Waals surface area contributed by atoms with Crippen LogP contribution in [0, 0.1) is 5.92 Å². The first kappa shape index (κ1) is 10.7. The van der Waals surface area contributed by atoms with Crippen molar-refractivity contribution in [3.8, 4) is 0 Å². The molecule has 0 spiro atoms. The van der Waals surface area contributed by atoms with E-state index < -0.39 is 35.3 Å². The Labute approximate surface area is 92.7 Å². The summed E-state index contributed by atoms with van der Waals surface area (Å²) in [5, 5.41) is 3.20. The third kappa shape index (κ3) is 1.11. The smallest absolute Gasteiger partial charge is 0.266 e. The van der Waals surface area contributed by atoms with Crippen LogP contribution in [0.1, 0.15) is 22.9 Å². The molecule has 7 heteroatoms. The van der Waals surface area contributed by atoms with Crippen LogP contribution >= 0.6 is 0 Å². The molecule has 3 rings (SSSR count). The molecule has 0 saturated heterocycles. The van der Waals surface area contributed by atoms with Crippen LogP contribution in [0.3, 0.4) is 0 Å². The zero-order valence-electron chi connectivity index (χ0n) is 8.59. The largest absolute Gasteiger partial charge is 0.435 e. The van der Waals surface area contributed by atoms with E-state index in [2.05, 4.69) is 5.10 Å². The van der Waals surface area contributed by atoms with E-state index in [1.54, 1.807) is 0 Å². The van der Waals surface area contributed by atoms with Gasteiger partial charge in [0.05, 0.1) is 5.92 Å². The first-order valence-electron chi connectivity index (χ1n) is 4.95. The molecular weight excluding hydrogens is 243 g/mol. The molecule has 0 unspecified atom stereocenters. The van der Waals surface area contributed by atoms with Crippen molar-refractivity contribution in [3.63, 3.8) is 0 Å². The van der Waals surface area contributed by atoms with Crippen molar-refractivity contribution in [2.24, 2.45) is 13.0 Å². The van der Waals surface area contributed by atoms with Crippen LogP contribution in [-0.4, -0.2) is 9.78 Å². The van der Waals surface area contributed by atoms with Gasteiger partial charge in [0.2, 0.25) is 0 Å². The van der Waals surface area contributed by atoms with Crippen molar-refractivity contribution in [1.29, 1.82) is 0 Å². The summed E-state index contributed by atoms with van der Waals surface area (Å²) in [4.78, 5) is 0. The summed E-state index contributed by atoms with van der Waals surface area (Å²) in [7, 11) is 1.12. The number of nitrogens with zero attached hydrogens (tertiary/aromatic N) is 2. The minimum absolute atomic E-state index is 0.363. The fraction of sp³-hybridized carbons (Fsp3) is 0.500. The lowest BCUT2D eigenvalue weighted by atomic mass is 9.81. The predicted octanol–water partition coefficient (Wildman–Crippen LogP) is 2.81. The number of rotatable bonds is 0. The summed E-state index contributed by atoms with van der Waals surface area (Å²) in [6.45, 7) is 0. The number of hydrogen-bond donors (Lipinski definition) is 0. The molecule has 1 heterocycles. The van der Waals surface area contributed by atoms with Crippen LogP contribution in [0.2, 0.25) is 0 Å². The van der Waals surface area contributed by atoms with Gasteiger partial charge in [-0.15, -0.1) is 0 Å². The Morgan fingerprint density at radius 2 is 1.94 bits per heavy atom. The van der Waals surface area contributed by atoms with Gasteiger partial charge in [0.15, 0.2) is 5.69 Å². The first-order valence-corrected chi connectivity index (χ1v) is 4.95. The van der Waals surface area contributed by atoms with E-state index in [1.807, 2.05) is 0 Å². The lowest BCUT2D eigenvalue weighted by Gasteiger charge is -2.27. The lowest BCUT2D eigenvalue weighted by Crippen LogP contribution is -2.28. The zero-order chi connectivity index (χ0) is 12.6. The van der Waals surface area contributed by atoms with Crippen molar-refractivity contribution < 1.29 is 22.0 Å². The van der Waals surface area contributed by atoms with Gasteiger partial charge in [0.1, 0.15) is 5.69 Å². The number of aromatic nitrogens is 2. The second kappa shape index (κ2) is 2.70. The number of hydrogen-bond acceptors (Lipinski definition) is 1. The molecule has 1 aromatic heterocycles. The van der Waals surface area contributed by atoms with E-state index in [0.29, 0.717) is 4.68 Å². The van der Waals surface area contributed by atoms with E-state index in [1.165, 1.54) is 12.2 Å². The molecule has 2 aliphatic carbocycles. The summed E-state index contributed by atoms with van der Waals surface area (Å²) in [6.07, 6.45) is -2.06. The standard InChI is InChI=1S/C10H7F5N2/c1-17-8-6(7(16-17)10(13,14)15)4-2-3-5(4)9(8,11)12/h2-5H,1H3/t4-,5+/m0/s1. The highest BCUT2D eigenvalue weighted by Crippen LogP contribution is 2.60. The predicted molar refractivity (Wildman–Crippen MR) is 47.5 cm³/mol. The van der Waals surface area contributed by atoms with Gasteiger partial charge in [-0.2, -0.15) is 27.1 Å². The number of aryl methyl sites for hydroxylation is 1. The lowest BCUT2D eigenvalue weighted by molar-refractivity contribution is -0.142. The minimum atomic E-state index is -4.69. The molecule has 0 fully saturated rings. The summed E-state index contributed by atoms with van der Waals surface area (Å²) in [5.74, 6) is -5.27. The van der Waals surface area contributed by atoms with Gasteiger partial charge < -0.3 is 0 Å². The van der Waals surface area contributed by atoms with Gasteiger partial charge in [0, 0.05) is 18.5 Å². The number of allylic oxidation sites excluding steroid dienone is 2. The average Bonchev–Trinajstić information content (AvgIpc) is 2.45. The van der Waals surface area contributed by atoms with Gasteiger partial charge >= 0.3 is 6.18 Å². The Hall–Kier alpha value is -1.40. The fourth-order valence-corrected chi connectivity index (χ4v) is 2.57. The van der Waals surface area contributed by atoms with Crippen LogP contribution in [0.5, 0.6) is 0 Å². The summed E-state index contributed by atoms with van der Waals surface area (Å²) in [6, 6.07) is 0. The quantitative estimate of drug-likeness (QED) is 0.511. The van der Waals surface area contributed by atoms with E-state index in [9.17, 15) is 22.0 Å². The second-order valence-corrected chi connectivity index (χ2v) is 4.29. The SMILES string of the molecule is Cn1nc(C(F)(F)F)c2c1C(F)(F)[C@@H]1C=C[C@H]21. The summed E-state index contributed by atoms with van der Waals surface area (Å²) in [5.41, 5.74) is -2.16. The third-order valence-corrected chi connectivity index (χ3v) is 3.33. The minimum Gasteiger partial charge on any atom is -0.266 e. The topological polar surface area (TPSA) is 17.8 Å². The number of fused-ring (bicyclic) bond motifs is 3. The average molecular weight is 250 g/mol. The number of alkyl halides is 5. The van der Waals surface area contributed by atoms with E-state index >= 15 is 0 Å². The molecule has 1 aromatic rings. The molecule has 0 N–H and O–H groups in total. The maximum Gasteiger partial charge on any atom is 0.435 e. The molecule has 0 amide bonds. The molecule has 92 valence electrons. The molecule has 0 aromatic carbocycles. The maximum atomic E-state index is 13.8. The van der Waals surface area contributed by atoms with Crippen LogP contribution in [-0.2, 0) is 19.1 Å². The molecule has 17 heavy (non-hydrogen) atoms. The van der Waals surface area contributed by atoms with E-state index in [4.69, 9.17) is 0 Å². The van der Waals surface area contributed by atoms with E-state index in [-0.39, 0.29) is 5.56 Å². The van der Waals surface area contributed by atoms with Crippen molar-refractivity contribution in [1.82, 2.24) is 9.78 Å². The van der Waals surface area contributed by atoms with Crippen molar-refractivity contribution in [2.75, 3.05) is 0 Å². The van der Waals surface area contributed by atoms with Crippen molar-refractivity contribution >= 4 is 0 Å². The van der Waals surface area contributed by atoms with E-state index in [0.717, 1.165) is 7.05 Å². The van der Waals surface area contributed by atoms with Crippen LogP contribution in [0.25, 0.3) is 0 Å². The molecule has 0 aliphatic heterocycles.